The Balaban J connectivity index is 1.60. The molecule has 1 aromatic heterocycles. The van der Waals surface area contributed by atoms with E-state index >= 15 is 0 Å². The Morgan fingerprint density at radius 3 is 2.73 bits per heavy atom. The molecule has 1 heterocycles. The summed E-state index contributed by atoms with van der Waals surface area (Å²) in [6.45, 7) is 8.25. The summed E-state index contributed by atoms with van der Waals surface area (Å²) in [4.78, 5) is 12.1. The van der Waals surface area contributed by atoms with Gasteiger partial charge in [-0.1, -0.05) is 41.9 Å². The van der Waals surface area contributed by atoms with Crippen LogP contribution in [0.1, 0.15) is 33.6 Å². The van der Waals surface area contributed by atoms with Crippen LogP contribution in [-0.2, 0) is 11.3 Å². The molecule has 0 atom stereocenters. The minimum atomic E-state index is -0.328. The first-order chi connectivity index (χ1) is 14.3. The van der Waals surface area contributed by atoms with E-state index in [0.717, 1.165) is 33.6 Å². The molecule has 0 unspecified atom stereocenters. The van der Waals surface area contributed by atoms with E-state index in [-0.39, 0.29) is 12.5 Å². The van der Waals surface area contributed by atoms with Crippen LogP contribution in [0.25, 0.3) is 0 Å². The second-order valence-corrected chi connectivity index (χ2v) is 7.59. The van der Waals surface area contributed by atoms with E-state index in [1.807, 2.05) is 74.8 Å². The van der Waals surface area contributed by atoms with Crippen molar-refractivity contribution < 1.29 is 9.53 Å². The molecule has 0 radical (unpaired) electrons. The first-order valence-electron chi connectivity index (χ1n) is 9.64. The van der Waals surface area contributed by atoms with Crippen LogP contribution < -0.4 is 10.2 Å². The Morgan fingerprint density at radius 2 is 1.97 bits per heavy atom. The number of carbonyl (C=O) groups is 1. The van der Waals surface area contributed by atoms with Gasteiger partial charge in [0.1, 0.15) is 5.75 Å². The summed E-state index contributed by atoms with van der Waals surface area (Å²) in [7, 11) is 0. The minimum absolute atomic E-state index is 0.106. The third-order valence-corrected chi connectivity index (χ3v) is 5.17. The molecule has 3 aromatic rings. The highest BCUT2D eigenvalue weighted by Gasteiger charge is 2.11. The van der Waals surface area contributed by atoms with Crippen molar-refractivity contribution in [3.05, 3.63) is 81.1 Å². The molecule has 0 fully saturated rings. The molecule has 0 spiro atoms. The first-order valence-corrected chi connectivity index (χ1v) is 10.0. The van der Waals surface area contributed by atoms with Crippen LogP contribution in [0.15, 0.2) is 47.6 Å². The van der Waals surface area contributed by atoms with Crippen molar-refractivity contribution in [1.82, 2.24) is 15.2 Å². The van der Waals surface area contributed by atoms with Crippen molar-refractivity contribution in [2.45, 2.75) is 34.2 Å². The standard InChI is InChI=1S/C23H25ClN4O2/c1-15-9-10-16(2)22(11-15)30-14-23(29)26-25-12-20-17(3)27-28(18(20)4)13-19-7-5-6-8-21(19)24/h5-12H,13-14H2,1-4H3,(H,26,29)/b25-12+. The number of ether oxygens (including phenoxy) is 1. The predicted octanol–water partition coefficient (Wildman–Crippen LogP) is 4.35. The summed E-state index contributed by atoms with van der Waals surface area (Å²) in [5, 5.41) is 9.34. The van der Waals surface area contributed by atoms with Gasteiger partial charge in [0.2, 0.25) is 0 Å². The van der Waals surface area contributed by atoms with Gasteiger partial charge in [-0.2, -0.15) is 10.2 Å². The zero-order chi connectivity index (χ0) is 21.7. The van der Waals surface area contributed by atoms with E-state index in [9.17, 15) is 4.79 Å². The van der Waals surface area contributed by atoms with Gasteiger partial charge >= 0.3 is 0 Å². The summed E-state index contributed by atoms with van der Waals surface area (Å²) in [6, 6.07) is 13.6. The molecule has 2 aromatic carbocycles. The van der Waals surface area contributed by atoms with Crippen LogP contribution in [0.5, 0.6) is 5.75 Å². The number of hydrogen-bond acceptors (Lipinski definition) is 4. The molecule has 3 rings (SSSR count). The lowest BCUT2D eigenvalue weighted by molar-refractivity contribution is -0.123. The summed E-state index contributed by atoms with van der Waals surface area (Å²) in [6.07, 6.45) is 1.61. The number of rotatable bonds is 7. The lowest BCUT2D eigenvalue weighted by Crippen LogP contribution is -2.24. The van der Waals surface area contributed by atoms with Crippen molar-refractivity contribution in [3.63, 3.8) is 0 Å². The molecule has 0 saturated heterocycles. The van der Waals surface area contributed by atoms with Crippen LogP contribution in [0.2, 0.25) is 5.02 Å². The third kappa shape index (κ3) is 5.27. The monoisotopic (exact) mass is 424 g/mol. The molecule has 7 heteroatoms. The van der Waals surface area contributed by atoms with Gasteiger partial charge in [0.05, 0.1) is 18.5 Å². The number of nitrogens with one attached hydrogen (secondary N) is 1. The number of halogens is 1. The van der Waals surface area contributed by atoms with Crippen molar-refractivity contribution in [2.24, 2.45) is 5.10 Å². The van der Waals surface area contributed by atoms with Gasteiger partial charge in [0.25, 0.3) is 5.91 Å². The van der Waals surface area contributed by atoms with Crippen molar-refractivity contribution in [2.75, 3.05) is 6.61 Å². The largest absolute Gasteiger partial charge is 0.483 e. The van der Waals surface area contributed by atoms with Crippen LogP contribution in [0.3, 0.4) is 0 Å². The van der Waals surface area contributed by atoms with Crippen LogP contribution in [0.4, 0.5) is 0 Å². The highest BCUT2D eigenvalue weighted by molar-refractivity contribution is 6.31. The number of hydrogen-bond donors (Lipinski definition) is 1. The molecule has 0 aliphatic rings. The number of aryl methyl sites for hydroxylation is 3. The Hall–Kier alpha value is -3.12. The van der Waals surface area contributed by atoms with Crippen LogP contribution in [0, 0.1) is 27.7 Å². The van der Waals surface area contributed by atoms with E-state index in [0.29, 0.717) is 17.3 Å². The predicted molar refractivity (Wildman–Crippen MR) is 119 cm³/mol. The Bertz CT molecular complexity index is 1090. The molecule has 0 aliphatic heterocycles. The van der Waals surface area contributed by atoms with Crippen LogP contribution in [-0.4, -0.2) is 28.5 Å². The second-order valence-electron chi connectivity index (χ2n) is 7.18. The molecular formula is C23H25ClN4O2. The van der Waals surface area contributed by atoms with E-state index in [2.05, 4.69) is 15.6 Å². The summed E-state index contributed by atoms with van der Waals surface area (Å²) >= 11 is 6.26. The molecule has 1 N–H and O–H groups in total. The highest BCUT2D eigenvalue weighted by Crippen LogP contribution is 2.19. The van der Waals surface area contributed by atoms with Crippen molar-refractivity contribution in [1.29, 1.82) is 0 Å². The lowest BCUT2D eigenvalue weighted by Gasteiger charge is -2.08. The number of carbonyl (C=O) groups excluding carboxylic acids is 1. The molecule has 156 valence electrons. The van der Waals surface area contributed by atoms with Gasteiger partial charge in [-0.25, -0.2) is 5.43 Å². The van der Waals surface area contributed by atoms with Gasteiger partial charge < -0.3 is 4.74 Å². The zero-order valence-corrected chi connectivity index (χ0v) is 18.3. The normalized spacial score (nSPS) is 11.1. The van der Waals surface area contributed by atoms with Crippen molar-refractivity contribution >= 4 is 23.7 Å². The first kappa shape index (κ1) is 21.6. The van der Waals surface area contributed by atoms with E-state index in [1.54, 1.807) is 6.21 Å². The average Bonchev–Trinajstić information content (AvgIpc) is 2.97. The van der Waals surface area contributed by atoms with Gasteiger partial charge in [0, 0.05) is 16.3 Å². The van der Waals surface area contributed by atoms with Crippen LogP contribution >= 0.6 is 11.6 Å². The number of aromatic nitrogens is 2. The fourth-order valence-corrected chi connectivity index (χ4v) is 3.24. The topological polar surface area (TPSA) is 68.5 Å². The maximum absolute atomic E-state index is 12.1. The third-order valence-electron chi connectivity index (χ3n) is 4.80. The fraction of sp³-hybridized carbons (Fsp3) is 0.261. The van der Waals surface area contributed by atoms with E-state index < -0.39 is 0 Å². The minimum Gasteiger partial charge on any atom is -0.483 e. The summed E-state index contributed by atoms with van der Waals surface area (Å²) in [5.74, 6) is 0.368. The lowest BCUT2D eigenvalue weighted by atomic mass is 10.1. The van der Waals surface area contributed by atoms with Crippen molar-refractivity contribution in [3.8, 4) is 5.75 Å². The SMILES string of the molecule is Cc1ccc(C)c(OCC(=O)N/N=C/c2c(C)nn(Cc3ccccc3Cl)c2C)c1. The maximum atomic E-state index is 12.1. The highest BCUT2D eigenvalue weighted by atomic mass is 35.5. The Kier molecular flexibility index (Phi) is 6.90. The van der Waals surface area contributed by atoms with Gasteiger partial charge in [-0.15, -0.1) is 0 Å². The summed E-state index contributed by atoms with van der Waals surface area (Å²) in [5.41, 5.74) is 8.18. The van der Waals surface area contributed by atoms with E-state index in [1.165, 1.54) is 0 Å². The molecule has 0 aliphatic carbocycles. The maximum Gasteiger partial charge on any atom is 0.277 e. The number of benzene rings is 2. The number of amides is 1. The Labute approximate surface area is 181 Å². The molecular weight excluding hydrogens is 400 g/mol. The zero-order valence-electron chi connectivity index (χ0n) is 17.6. The number of nitrogens with zero attached hydrogens (tertiary/aromatic N) is 3. The molecule has 0 saturated carbocycles. The second kappa shape index (κ2) is 9.59. The molecule has 0 bridgehead atoms. The molecule has 1 amide bonds. The van der Waals surface area contributed by atoms with Gasteiger partial charge in [-0.3, -0.25) is 9.48 Å². The summed E-state index contributed by atoms with van der Waals surface area (Å²) < 4.78 is 7.47. The van der Waals surface area contributed by atoms with E-state index in [4.69, 9.17) is 16.3 Å². The molecule has 30 heavy (non-hydrogen) atoms. The smallest absolute Gasteiger partial charge is 0.277 e. The van der Waals surface area contributed by atoms with Gasteiger partial charge in [-0.05, 0) is 56.5 Å². The average molecular weight is 425 g/mol. The number of hydrazone groups is 1. The molecule has 6 nitrogen and oxygen atoms in total. The quantitative estimate of drug-likeness (QED) is 0.453. The fourth-order valence-electron chi connectivity index (χ4n) is 3.05. The van der Waals surface area contributed by atoms with Gasteiger partial charge in [0.15, 0.2) is 6.61 Å². The Morgan fingerprint density at radius 1 is 1.20 bits per heavy atom.